The van der Waals surface area contributed by atoms with Crippen LogP contribution in [0.15, 0.2) is 71.6 Å². The molecule has 0 heterocycles. The highest BCUT2D eigenvalue weighted by Gasteiger charge is 2.30. The topological polar surface area (TPSA) is 94.2 Å². The molecule has 8 nitrogen and oxygen atoms in total. The summed E-state index contributed by atoms with van der Waals surface area (Å²) in [7, 11) is -0.987. The Kier molecular flexibility index (Phi) is 8.82. The van der Waals surface area contributed by atoms with Gasteiger partial charge in [-0.3, -0.25) is 9.10 Å². The zero-order valence-electron chi connectivity index (χ0n) is 21.1. The maximum absolute atomic E-state index is 13.7. The Hall–Kier alpha value is -3.72. The molecule has 0 bridgehead atoms. The number of carbonyl (C=O) groups excluding carboxylic acids is 1. The summed E-state index contributed by atoms with van der Waals surface area (Å²) in [6.07, 6.45) is 0. The summed E-state index contributed by atoms with van der Waals surface area (Å²) in [5, 5.41) is 2.89. The van der Waals surface area contributed by atoms with Crippen LogP contribution in [0.4, 0.5) is 5.69 Å². The molecule has 3 aromatic carbocycles. The Morgan fingerprint density at radius 2 is 1.67 bits per heavy atom. The zero-order chi connectivity index (χ0) is 26.3. The van der Waals surface area contributed by atoms with Gasteiger partial charge in [-0.1, -0.05) is 29.8 Å². The molecule has 0 saturated heterocycles. The second-order valence-corrected chi connectivity index (χ2v) is 9.98. The first kappa shape index (κ1) is 26.9. The molecule has 0 aromatic heterocycles. The minimum absolute atomic E-state index is 0.0784. The van der Waals surface area contributed by atoms with Gasteiger partial charge < -0.3 is 19.5 Å². The Morgan fingerprint density at radius 1 is 0.972 bits per heavy atom. The summed E-state index contributed by atoms with van der Waals surface area (Å²) in [6, 6.07) is 18.1. The predicted molar refractivity (Wildman–Crippen MR) is 139 cm³/mol. The number of carbonyl (C=O) groups is 1. The summed E-state index contributed by atoms with van der Waals surface area (Å²) < 4.78 is 45.0. The lowest BCUT2D eigenvalue weighted by molar-refractivity contribution is -0.120. The van der Waals surface area contributed by atoms with Crippen LogP contribution in [0.3, 0.4) is 0 Å². The third-order valence-electron chi connectivity index (χ3n) is 5.61. The molecule has 0 aliphatic heterocycles. The first-order chi connectivity index (χ1) is 17.2. The number of hydrogen-bond donors (Lipinski definition) is 1. The molecule has 36 heavy (non-hydrogen) atoms. The first-order valence-corrected chi connectivity index (χ1v) is 13.0. The van der Waals surface area contributed by atoms with Crippen molar-refractivity contribution in [3.63, 3.8) is 0 Å². The molecule has 1 amide bonds. The molecule has 0 spiro atoms. The van der Waals surface area contributed by atoms with Crippen molar-refractivity contribution in [2.45, 2.75) is 31.7 Å². The van der Waals surface area contributed by atoms with Crippen LogP contribution >= 0.6 is 0 Å². The molecule has 9 heteroatoms. The van der Waals surface area contributed by atoms with Gasteiger partial charge >= 0.3 is 0 Å². The van der Waals surface area contributed by atoms with E-state index in [9.17, 15) is 13.2 Å². The third-order valence-corrected chi connectivity index (χ3v) is 7.38. The molecule has 192 valence electrons. The van der Waals surface area contributed by atoms with E-state index in [4.69, 9.17) is 14.2 Å². The third kappa shape index (κ3) is 6.09. The SMILES string of the molecule is CCOc1ccccc1N(CC(=O)NC(C)c1cc(OC)ccc1OC)S(=O)(=O)c1ccc(C)cc1. The van der Waals surface area contributed by atoms with Gasteiger partial charge in [0.2, 0.25) is 5.91 Å². The smallest absolute Gasteiger partial charge is 0.264 e. The highest BCUT2D eigenvalue weighted by Crippen LogP contribution is 2.33. The van der Waals surface area contributed by atoms with Gasteiger partial charge in [0.15, 0.2) is 0 Å². The lowest BCUT2D eigenvalue weighted by Crippen LogP contribution is -2.41. The van der Waals surface area contributed by atoms with E-state index in [1.54, 1.807) is 75.7 Å². The molecule has 0 aliphatic rings. The van der Waals surface area contributed by atoms with E-state index >= 15 is 0 Å². The normalized spacial score (nSPS) is 11.9. The Bertz CT molecular complexity index is 1290. The molecule has 0 radical (unpaired) electrons. The van der Waals surface area contributed by atoms with E-state index in [0.29, 0.717) is 29.4 Å². The number of hydrogen-bond acceptors (Lipinski definition) is 6. The minimum Gasteiger partial charge on any atom is -0.497 e. The molecule has 3 aromatic rings. The molecule has 1 unspecified atom stereocenters. The van der Waals surface area contributed by atoms with Gasteiger partial charge in [-0.05, 0) is 63.2 Å². The second-order valence-electron chi connectivity index (χ2n) is 8.12. The van der Waals surface area contributed by atoms with Crippen molar-refractivity contribution in [3.05, 3.63) is 77.9 Å². The Balaban J connectivity index is 1.96. The fourth-order valence-corrected chi connectivity index (χ4v) is 5.18. The van der Waals surface area contributed by atoms with Crippen molar-refractivity contribution in [2.24, 2.45) is 0 Å². The minimum atomic E-state index is -4.08. The Morgan fingerprint density at radius 3 is 2.31 bits per heavy atom. The van der Waals surface area contributed by atoms with Crippen LogP contribution in [-0.2, 0) is 14.8 Å². The number of methoxy groups -OCH3 is 2. The highest BCUT2D eigenvalue weighted by molar-refractivity contribution is 7.92. The van der Waals surface area contributed by atoms with E-state index in [2.05, 4.69) is 5.32 Å². The molecule has 0 aliphatic carbocycles. The van der Waals surface area contributed by atoms with E-state index in [0.717, 1.165) is 9.87 Å². The number of aryl methyl sites for hydroxylation is 1. The van der Waals surface area contributed by atoms with E-state index < -0.39 is 28.5 Å². The summed E-state index contributed by atoms with van der Waals surface area (Å²) in [5.74, 6) is 1.07. The van der Waals surface area contributed by atoms with Crippen molar-refractivity contribution in [2.75, 3.05) is 31.7 Å². The molecular formula is C27H32N2O6S. The number of sulfonamides is 1. The maximum atomic E-state index is 13.7. The molecule has 0 fully saturated rings. The lowest BCUT2D eigenvalue weighted by Gasteiger charge is -2.27. The number of nitrogens with one attached hydrogen (secondary N) is 1. The standard InChI is InChI=1S/C27H32N2O6S/c1-6-35-26-10-8-7-9-24(26)29(36(31,32)22-14-11-19(2)12-15-22)18-27(30)28-20(3)23-17-21(33-4)13-16-25(23)34-5/h7-17,20H,6,18H2,1-5H3,(H,28,30). The van der Waals surface area contributed by atoms with E-state index in [-0.39, 0.29) is 10.6 Å². The Labute approximate surface area is 212 Å². The average Bonchev–Trinajstić information content (AvgIpc) is 2.87. The fraction of sp³-hybridized carbons (Fsp3) is 0.296. The lowest BCUT2D eigenvalue weighted by atomic mass is 10.1. The van der Waals surface area contributed by atoms with Gasteiger partial charge in [-0.25, -0.2) is 8.42 Å². The fourth-order valence-electron chi connectivity index (χ4n) is 3.75. The van der Waals surface area contributed by atoms with Crippen LogP contribution in [0.5, 0.6) is 17.2 Å². The number of nitrogens with zero attached hydrogens (tertiary/aromatic N) is 1. The van der Waals surface area contributed by atoms with Gasteiger partial charge in [-0.2, -0.15) is 0 Å². The monoisotopic (exact) mass is 512 g/mol. The van der Waals surface area contributed by atoms with Crippen molar-refractivity contribution in [1.82, 2.24) is 5.32 Å². The van der Waals surface area contributed by atoms with Crippen molar-refractivity contribution >= 4 is 21.6 Å². The predicted octanol–water partition coefficient (Wildman–Crippen LogP) is 4.48. The average molecular weight is 513 g/mol. The molecule has 1 atom stereocenters. The summed E-state index contributed by atoms with van der Waals surface area (Å²) in [4.78, 5) is 13.3. The van der Waals surface area contributed by atoms with Gasteiger partial charge in [0, 0.05) is 5.56 Å². The van der Waals surface area contributed by atoms with E-state index in [1.165, 1.54) is 12.1 Å². The van der Waals surface area contributed by atoms with E-state index in [1.807, 2.05) is 13.8 Å². The van der Waals surface area contributed by atoms with Gasteiger partial charge in [-0.15, -0.1) is 0 Å². The molecule has 3 rings (SSSR count). The van der Waals surface area contributed by atoms with Gasteiger partial charge in [0.25, 0.3) is 10.0 Å². The van der Waals surface area contributed by atoms with Crippen LogP contribution in [0.25, 0.3) is 0 Å². The number of para-hydroxylation sites is 2. The number of benzene rings is 3. The molecule has 1 N–H and O–H groups in total. The number of amides is 1. The van der Waals surface area contributed by atoms with Gasteiger partial charge in [0.05, 0.1) is 37.5 Å². The van der Waals surface area contributed by atoms with Crippen LogP contribution in [-0.4, -0.2) is 41.7 Å². The van der Waals surface area contributed by atoms with Crippen molar-refractivity contribution in [3.8, 4) is 17.2 Å². The van der Waals surface area contributed by atoms with Crippen LogP contribution in [0.2, 0.25) is 0 Å². The van der Waals surface area contributed by atoms with Crippen LogP contribution in [0.1, 0.15) is 31.0 Å². The second kappa shape index (κ2) is 11.8. The zero-order valence-corrected chi connectivity index (χ0v) is 22.0. The maximum Gasteiger partial charge on any atom is 0.264 e. The quantitative estimate of drug-likeness (QED) is 0.407. The summed E-state index contributed by atoms with van der Waals surface area (Å²) in [5.41, 5.74) is 1.91. The summed E-state index contributed by atoms with van der Waals surface area (Å²) in [6.45, 7) is 5.37. The largest absolute Gasteiger partial charge is 0.497 e. The van der Waals surface area contributed by atoms with Crippen LogP contribution < -0.4 is 23.8 Å². The highest BCUT2D eigenvalue weighted by atomic mass is 32.2. The summed E-state index contributed by atoms with van der Waals surface area (Å²) >= 11 is 0. The van der Waals surface area contributed by atoms with Crippen molar-refractivity contribution in [1.29, 1.82) is 0 Å². The number of ether oxygens (including phenoxy) is 3. The first-order valence-electron chi connectivity index (χ1n) is 11.5. The molecular weight excluding hydrogens is 480 g/mol. The molecule has 0 saturated carbocycles. The van der Waals surface area contributed by atoms with Gasteiger partial charge in [0.1, 0.15) is 23.8 Å². The number of anilines is 1. The number of rotatable bonds is 11. The van der Waals surface area contributed by atoms with Crippen molar-refractivity contribution < 1.29 is 27.4 Å². The van der Waals surface area contributed by atoms with Crippen LogP contribution in [0, 0.1) is 6.92 Å².